The standard InChI is InChI=1S/C10H14N2O5S/c1-5(13)4-10(18,9(16)17)12-8(15)6-2-3-7(14)11-6/h6,18H,2-4H2,1H3,(H,11,14)(H,12,15)(H,16,17)/t6-,10-/m0/s1. The van der Waals surface area contributed by atoms with Crippen molar-refractivity contribution in [3.63, 3.8) is 0 Å². The van der Waals surface area contributed by atoms with E-state index in [1.54, 1.807) is 0 Å². The zero-order valence-electron chi connectivity index (χ0n) is 9.73. The van der Waals surface area contributed by atoms with E-state index in [2.05, 4.69) is 23.3 Å². The molecule has 0 spiro atoms. The molecule has 0 radical (unpaired) electrons. The predicted octanol–water partition coefficient (Wildman–Crippen LogP) is -0.929. The Bertz CT molecular complexity index is 411. The van der Waals surface area contributed by atoms with Gasteiger partial charge in [0, 0.05) is 12.8 Å². The first-order chi connectivity index (χ1) is 8.24. The van der Waals surface area contributed by atoms with Crippen LogP contribution < -0.4 is 10.6 Å². The van der Waals surface area contributed by atoms with Crippen LogP contribution in [0.3, 0.4) is 0 Å². The molecule has 8 heteroatoms. The minimum atomic E-state index is -1.95. The smallest absolute Gasteiger partial charge is 0.340 e. The van der Waals surface area contributed by atoms with Crippen LogP contribution in [0, 0.1) is 0 Å². The fourth-order valence-electron chi connectivity index (χ4n) is 1.64. The van der Waals surface area contributed by atoms with Gasteiger partial charge in [0.15, 0.2) is 4.87 Å². The van der Waals surface area contributed by atoms with Crippen LogP contribution in [-0.2, 0) is 19.2 Å². The molecule has 0 aromatic rings. The van der Waals surface area contributed by atoms with Crippen LogP contribution in [-0.4, -0.2) is 39.6 Å². The van der Waals surface area contributed by atoms with E-state index in [0.29, 0.717) is 6.42 Å². The molecule has 1 heterocycles. The number of hydrogen-bond acceptors (Lipinski definition) is 5. The zero-order valence-corrected chi connectivity index (χ0v) is 10.6. The maximum absolute atomic E-state index is 11.7. The van der Waals surface area contributed by atoms with E-state index in [1.165, 1.54) is 6.92 Å². The number of hydrogen-bond donors (Lipinski definition) is 4. The van der Waals surface area contributed by atoms with Crippen molar-refractivity contribution >= 4 is 36.2 Å². The molecule has 100 valence electrons. The Labute approximate surface area is 109 Å². The zero-order chi connectivity index (χ0) is 13.9. The monoisotopic (exact) mass is 274 g/mol. The van der Waals surface area contributed by atoms with E-state index in [4.69, 9.17) is 5.11 Å². The van der Waals surface area contributed by atoms with Gasteiger partial charge in [-0.3, -0.25) is 14.4 Å². The molecule has 0 saturated carbocycles. The van der Waals surface area contributed by atoms with Crippen LogP contribution in [0.25, 0.3) is 0 Å². The Hall–Kier alpha value is -1.57. The van der Waals surface area contributed by atoms with Crippen LogP contribution >= 0.6 is 12.6 Å². The number of amides is 2. The van der Waals surface area contributed by atoms with Gasteiger partial charge in [-0.2, -0.15) is 0 Å². The first-order valence-electron chi connectivity index (χ1n) is 5.31. The van der Waals surface area contributed by atoms with Crippen molar-refractivity contribution in [1.29, 1.82) is 0 Å². The molecular weight excluding hydrogens is 260 g/mol. The van der Waals surface area contributed by atoms with Gasteiger partial charge in [0.2, 0.25) is 11.8 Å². The van der Waals surface area contributed by atoms with Crippen molar-refractivity contribution in [1.82, 2.24) is 10.6 Å². The van der Waals surface area contributed by atoms with E-state index in [0.717, 1.165) is 0 Å². The second-order valence-electron chi connectivity index (χ2n) is 4.19. The minimum Gasteiger partial charge on any atom is -0.479 e. The molecule has 0 aromatic carbocycles. The number of ketones is 1. The quantitative estimate of drug-likeness (QED) is 0.382. The Morgan fingerprint density at radius 2 is 2.17 bits per heavy atom. The van der Waals surface area contributed by atoms with Gasteiger partial charge in [-0.15, -0.1) is 12.6 Å². The highest BCUT2D eigenvalue weighted by molar-refractivity contribution is 7.82. The number of thiol groups is 1. The van der Waals surface area contributed by atoms with Gasteiger partial charge in [0.1, 0.15) is 11.8 Å². The minimum absolute atomic E-state index is 0.220. The Kier molecular flexibility index (Phi) is 4.33. The van der Waals surface area contributed by atoms with E-state index in [-0.39, 0.29) is 12.3 Å². The summed E-state index contributed by atoms with van der Waals surface area (Å²) in [6.45, 7) is 1.21. The molecule has 7 nitrogen and oxygen atoms in total. The van der Waals surface area contributed by atoms with Gasteiger partial charge in [0.05, 0.1) is 0 Å². The van der Waals surface area contributed by atoms with Crippen LogP contribution in [0.5, 0.6) is 0 Å². The molecule has 18 heavy (non-hydrogen) atoms. The van der Waals surface area contributed by atoms with Crippen molar-refractivity contribution in [2.45, 2.75) is 37.1 Å². The summed E-state index contributed by atoms with van der Waals surface area (Å²) in [6.07, 6.45) is 0.0868. The summed E-state index contributed by atoms with van der Waals surface area (Å²) in [4.78, 5) is 42.8. The normalized spacial score (nSPS) is 21.9. The molecule has 0 unspecified atom stereocenters. The summed E-state index contributed by atoms with van der Waals surface area (Å²) in [5, 5.41) is 13.6. The van der Waals surface area contributed by atoms with Gasteiger partial charge in [0.25, 0.3) is 0 Å². The van der Waals surface area contributed by atoms with Gasteiger partial charge < -0.3 is 15.7 Å². The summed E-state index contributed by atoms with van der Waals surface area (Å²) < 4.78 is 0. The third-order valence-electron chi connectivity index (χ3n) is 2.50. The molecule has 0 aromatic heterocycles. The van der Waals surface area contributed by atoms with Crippen LogP contribution in [0.2, 0.25) is 0 Å². The average molecular weight is 274 g/mol. The van der Waals surface area contributed by atoms with Gasteiger partial charge in [-0.25, -0.2) is 4.79 Å². The number of aliphatic carboxylic acids is 1. The lowest BCUT2D eigenvalue weighted by molar-refractivity contribution is -0.145. The summed E-state index contributed by atoms with van der Waals surface area (Å²) in [7, 11) is 0. The Balaban J connectivity index is 2.72. The summed E-state index contributed by atoms with van der Waals surface area (Å²) >= 11 is 3.84. The lowest BCUT2D eigenvalue weighted by Gasteiger charge is -2.25. The molecule has 3 N–H and O–H groups in total. The van der Waals surface area contributed by atoms with Crippen molar-refractivity contribution < 1.29 is 24.3 Å². The average Bonchev–Trinajstić information content (AvgIpc) is 2.63. The molecular formula is C10H14N2O5S. The fourth-order valence-corrected chi connectivity index (χ4v) is 1.97. The molecule has 0 bridgehead atoms. The number of rotatable bonds is 5. The highest BCUT2D eigenvalue weighted by atomic mass is 32.1. The molecule has 2 amide bonds. The highest BCUT2D eigenvalue weighted by Gasteiger charge is 2.40. The largest absolute Gasteiger partial charge is 0.479 e. The lowest BCUT2D eigenvalue weighted by Crippen LogP contribution is -2.55. The first kappa shape index (κ1) is 14.5. The van der Waals surface area contributed by atoms with Crippen LogP contribution in [0.1, 0.15) is 26.2 Å². The molecule has 1 saturated heterocycles. The van der Waals surface area contributed by atoms with Crippen molar-refractivity contribution in [3.05, 3.63) is 0 Å². The second-order valence-corrected chi connectivity index (χ2v) is 4.96. The molecule has 1 fully saturated rings. The molecule has 1 aliphatic heterocycles. The highest BCUT2D eigenvalue weighted by Crippen LogP contribution is 2.18. The Morgan fingerprint density at radius 3 is 2.56 bits per heavy atom. The molecule has 0 aliphatic carbocycles. The van der Waals surface area contributed by atoms with Crippen molar-refractivity contribution in [2.24, 2.45) is 0 Å². The molecule has 1 rings (SSSR count). The first-order valence-corrected chi connectivity index (χ1v) is 5.76. The van der Waals surface area contributed by atoms with E-state index < -0.39 is 35.0 Å². The number of carbonyl (C=O) groups is 4. The van der Waals surface area contributed by atoms with Crippen LogP contribution in [0.4, 0.5) is 0 Å². The third kappa shape index (κ3) is 3.46. The van der Waals surface area contributed by atoms with Gasteiger partial charge in [-0.05, 0) is 13.3 Å². The van der Waals surface area contributed by atoms with E-state index >= 15 is 0 Å². The van der Waals surface area contributed by atoms with Crippen molar-refractivity contribution in [3.8, 4) is 0 Å². The summed E-state index contributed by atoms with van der Waals surface area (Å²) in [5.74, 6) is -2.75. The fraction of sp³-hybridized carbons (Fsp3) is 0.600. The number of carboxylic acids is 1. The molecule has 2 atom stereocenters. The van der Waals surface area contributed by atoms with Gasteiger partial charge >= 0.3 is 5.97 Å². The topological polar surface area (TPSA) is 113 Å². The summed E-state index contributed by atoms with van der Waals surface area (Å²) in [6, 6.07) is -0.768. The van der Waals surface area contributed by atoms with Crippen LogP contribution in [0.15, 0.2) is 0 Å². The summed E-state index contributed by atoms with van der Waals surface area (Å²) in [5.41, 5.74) is 0. The van der Waals surface area contributed by atoms with Gasteiger partial charge in [-0.1, -0.05) is 0 Å². The number of nitrogens with one attached hydrogen (secondary N) is 2. The number of carboxylic acid groups (broad SMARTS) is 1. The SMILES string of the molecule is CC(=O)C[C@@](S)(NC(=O)[C@@H]1CCC(=O)N1)C(=O)O. The second kappa shape index (κ2) is 5.38. The predicted molar refractivity (Wildman–Crippen MR) is 64.0 cm³/mol. The number of carbonyl (C=O) groups excluding carboxylic acids is 3. The Morgan fingerprint density at radius 1 is 1.56 bits per heavy atom. The number of Topliss-reactive ketones (excluding diaryl/α,β-unsaturated/α-hetero) is 1. The third-order valence-corrected chi connectivity index (χ3v) is 2.96. The maximum Gasteiger partial charge on any atom is 0.340 e. The molecule has 1 aliphatic rings. The lowest BCUT2D eigenvalue weighted by atomic mass is 10.1. The van der Waals surface area contributed by atoms with Crippen molar-refractivity contribution in [2.75, 3.05) is 0 Å². The van der Waals surface area contributed by atoms with E-state index in [9.17, 15) is 19.2 Å². The maximum atomic E-state index is 11.7. The van der Waals surface area contributed by atoms with E-state index in [1.807, 2.05) is 0 Å².